The minimum atomic E-state index is 0.485. The lowest BCUT2D eigenvalue weighted by molar-refractivity contribution is -0.00474. The second-order valence-corrected chi connectivity index (χ2v) is 10.4. The van der Waals surface area contributed by atoms with Gasteiger partial charge in [0.1, 0.15) is 0 Å². The molecule has 1 aromatic rings. The van der Waals surface area contributed by atoms with Gasteiger partial charge in [-0.2, -0.15) is 5.26 Å². The molecule has 2 aliphatic carbocycles. The lowest BCUT2D eigenvalue weighted by Crippen LogP contribution is -2.25. The van der Waals surface area contributed by atoms with Crippen LogP contribution in [0.3, 0.4) is 0 Å². The van der Waals surface area contributed by atoms with Crippen molar-refractivity contribution in [1.29, 1.82) is 5.26 Å². The van der Waals surface area contributed by atoms with Crippen LogP contribution in [0.15, 0.2) is 48.6 Å². The zero-order chi connectivity index (χ0) is 23.1. The van der Waals surface area contributed by atoms with E-state index in [9.17, 15) is 0 Å². The maximum atomic E-state index is 8.49. The predicted octanol–water partition coefficient (Wildman–Crippen LogP) is 8.68. The highest BCUT2D eigenvalue weighted by Crippen LogP contribution is 2.36. The van der Waals surface area contributed by atoms with E-state index in [-0.39, 0.29) is 0 Å². The molecule has 1 aromatic carbocycles. The smallest absolute Gasteiger partial charge is 0.0912 e. The summed E-state index contributed by atoms with van der Waals surface area (Å²) in [6, 6.07) is 11.5. The third-order valence-corrected chi connectivity index (χ3v) is 7.89. The number of nitriles is 1. The molecule has 3 rings (SSSR count). The second kappa shape index (κ2) is 15.1. The highest BCUT2D eigenvalue weighted by atomic mass is 16.5. The molecule has 2 saturated carbocycles. The lowest BCUT2D eigenvalue weighted by atomic mass is 9.80. The summed E-state index contributed by atoms with van der Waals surface area (Å²) in [5.41, 5.74) is 3.05. The summed E-state index contributed by atoms with van der Waals surface area (Å²) in [5.74, 6) is 2.38. The van der Waals surface area contributed by atoms with Crippen molar-refractivity contribution in [3.63, 3.8) is 0 Å². The highest BCUT2D eigenvalue weighted by Gasteiger charge is 2.25. The second-order valence-electron chi connectivity index (χ2n) is 10.4. The molecule has 0 spiro atoms. The van der Waals surface area contributed by atoms with E-state index in [0.29, 0.717) is 6.10 Å². The van der Waals surface area contributed by atoms with Gasteiger partial charge in [-0.05, 0) is 93.1 Å². The molecule has 2 fully saturated rings. The molecule has 0 N–H and O–H groups in total. The number of ether oxygens (including phenoxy) is 1. The van der Waals surface area contributed by atoms with Gasteiger partial charge in [-0.3, -0.25) is 0 Å². The number of hydrogen-bond donors (Lipinski definition) is 0. The average Bonchev–Trinajstić information content (AvgIpc) is 2.86. The average molecular weight is 448 g/mol. The van der Waals surface area contributed by atoms with Crippen molar-refractivity contribution < 1.29 is 4.74 Å². The first-order valence-electron chi connectivity index (χ1n) is 13.7. The molecular formula is C31H45NO. The number of hydrogen-bond acceptors (Lipinski definition) is 2. The molecule has 0 unspecified atom stereocenters. The van der Waals surface area contributed by atoms with E-state index < -0.39 is 0 Å². The Balaban J connectivity index is 1.27. The zero-order valence-electron chi connectivity index (χ0n) is 20.9. The largest absolute Gasteiger partial charge is 0.378 e. The van der Waals surface area contributed by atoms with Crippen LogP contribution in [0, 0.1) is 23.2 Å². The highest BCUT2D eigenvalue weighted by molar-refractivity contribution is 5.26. The summed E-state index contributed by atoms with van der Waals surface area (Å²) in [5, 5.41) is 8.49. The van der Waals surface area contributed by atoms with Crippen molar-refractivity contribution in [2.75, 3.05) is 6.61 Å². The Hall–Kier alpha value is -1.85. The van der Waals surface area contributed by atoms with Crippen LogP contribution in [0.5, 0.6) is 0 Å². The Labute approximate surface area is 203 Å². The molecular weight excluding hydrogens is 402 g/mol. The van der Waals surface area contributed by atoms with Crippen LogP contribution in [0.2, 0.25) is 0 Å². The van der Waals surface area contributed by atoms with Gasteiger partial charge in [-0.15, -0.1) is 0 Å². The SMILES string of the molecule is CCCCCc1ccc([C@H]2CC[C@H](OC[C@H]3CC[C@H](CC/C=C/C=C/C#N)CC3)CC2)cc1. The van der Waals surface area contributed by atoms with Gasteiger partial charge >= 0.3 is 0 Å². The van der Waals surface area contributed by atoms with Crippen LogP contribution in [0.25, 0.3) is 0 Å². The molecule has 180 valence electrons. The maximum Gasteiger partial charge on any atom is 0.0912 e. The van der Waals surface area contributed by atoms with Crippen LogP contribution in [0.1, 0.15) is 107 Å². The van der Waals surface area contributed by atoms with E-state index in [0.717, 1.165) is 30.8 Å². The molecule has 0 radical (unpaired) electrons. The molecule has 0 aliphatic heterocycles. The summed E-state index contributed by atoms with van der Waals surface area (Å²) in [7, 11) is 0. The fraction of sp³-hybridized carbons (Fsp3) is 0.645. The van der Waals surface area contributed by atoms with Crippen molar-refractivity contribution >= 4 is 0 Å². The number of nitrogens with zero attached hydrogens (tertiary/aromatic N) is 1. The molecule has 0 bridgehead atoms. The van der Waals surface area contributed by atoms with E-state index in [1.165, 1.54) is 95.1 Å². The Morgan fingerprint density at radius 2 is 1.64 bits per heavy atom. The van der Waals surface area contributed by atoms with Crippen LogP contribution < -0.4 is 0 Å². The normalized spacial score (nSPS) is 26.1. The molecule has 0 atom stereocenters. The Morgan fingerprint density at radius 1 is 0.909 bits per heavy atom. The maximum absolute atomic E-state index is 8.49. The summed E-state index contributed by atoms with van der Waals surface area (Å²) in [4.78, 5) is 0. The number of rotatable bonds is 12. The summed E-state index contributed by atoms with van der Waals surface area (Å²) in [6.07, 6.45) is 26.0. The molecule has 2 heteroatoms. The van der Waals surface area contributed by atoms with Gasteiger partial charge in [-0.1, -0.05) is 75.1 Å². The van der Waals surface area contributed by atoms with Gasteiger partial charge in [0.15, 0.2) is 0 Å². The molecule has 0 amide bonds. The molecule has 33 heavy (non-hydrogen) atoms. The first-order valence-corrected chi connectivity index (χ1v) is 13.7. The fourth-order valence-electron chi connectivity index (χ4n) is 5.66. The Morgan fingerprint density at radius 3 is 2.33 bits per heavy atom. The summed E-state index contributed by atoms with van der Waals surface area (Å²) < 4.78 is 6.41. The fourth-order valence-corrected chi connectivity index (χ4v) is 5.66. The topological polar surface area (TPSA) is 33.0 Å². The number of unbranched alkanes of at least 4 members (excludes halogenated alkanes) is 2. The molecule has 0 aromatic heterocycles. The number of allylic oxidation sites excluding steroid dienone is 4. The van der Waals surface area contributed by atoms with Gasteiger partial charge in [-0.25, -0.2) is 0 Å². The number of aryl methyl sites for hydroxylation is 1. The molecule has 0 saturated heterocycles. The standard InChI is InChI=1S/C31H45NO/c1-2-3-7-10-27-16-18-29(19-17-27)30-20-22-31(23-21-30)33-25-28-14-12-26(13-15-28)11-8-5-4-6-9-24-32/h4-6,9,16-19,26,28,30-31H,2-3,7-8,10-15,20-23,25H2,1H3/b5-4+,9-6+/t26-,28-,30-,31-. The van der Waals surface area contributed by atoms with E-state index in [4.69, 9.17) is 10.00 Å². The van der Waals surface area contributed by atoms with Gasteiger partial charge < -0.3 is 4.74 Å². The van der Waals surface area contributed by atoms with Crippen molar-refractivity contribution in [3.05, 3.63) is 59.7 Å². The van der Waals surface area contributed by atoms with Crippen molar-refractivity contribution in [2.45, 2.75) is 109 Å². The summed E-state index contributed by atoms with van der Waals surface area (Å²) in [6.45, 7) is 3.25. The van der Waals surface area contributed by atoms with Gasteiger partial charge in [0.05, 0.1) is 12.2 Å². The van der Waals surface area contributed by atoms with Gasteiger partial charge in [0, 0.05) is 12.7 Å². The monoisotopic (exact) mass is 447 g/mol. The van der Waals surface area contributed by atoms with Crippen LogP contribution in [0.4, 0.5) is 0 Å². The number of benzene rings is 1. The first-order chi connectivity index (χ1) is 16.3. The van der Waals surface area contributed by atoms with Crippen LogP contribution >= 0.6 is 0 Å². The summed E-state index contributed by atoms with van der Waals surface area (Å²) >= 11 is 0. The van der Waals surface area contributed by atoms with Gasteiger partial charge in [0.25, 0.3) is 0 Å². The Kier molecular flexibility index (Phi) is 11.8. The van der Waals surface area contributed by atoms with E-state index in [1.54, 1.807) is 5.56 Å². The molecule has 0 heterocycles. The van der Waals surface area contributed by atoms with E-state index in [1.807, 2.05) is 18.2 Å². The van der Waals surface area contributed by atoms with Crippen LogP contribution in [-0.4, -0.2) is 12.7 Å². The third-order valence-electron chi connectivity index (χ3n) is 7.89. The third kappa shape index (κ3) is 9.50. The van der Waals surface area contributed by atoms with E-state index in [2.05, 4.69) is 37.3 Å². The molecule has 2 aliphatic rings. The quantitative estimate of drug-likeness (QED) is 0.182. The van der Waals surface area contributed by atoms with Crippen molar-refractivity contribution in [1.82, 2.24) is 0 Å². The Bertz CT molecular complexity index is 740. The van der Waals surface area contributed by atoms with Crippen molar-refractivity contribution in [3.8, 4) is 6.07 Å². The van der Waals surface area contributed by atoms with Gasteiger partial charge in [0.2, 0.25) is 0 Å². The molecule has 2 nitrogen and oxygen atoms in total. The first kappa shape index (κ1) is 25.8. The lowest BCUT2D eigenvalue weighted by Gasteiger charge is -2.32. The predicted molar refractivity (Wildman–Crippen MR) is 139 cm³/mol. The zero-order valence-corrected chi connectivity index (χ0v) is 20.9. The van der Waals surface area contributed by atoms with E-state index >= 15 is 0 Å². The van der Waals surface area contributed by atoms with Crippen molar-refractivity contribution in [2.24, 2.45) is 11.8 Å². The van der Waals surface area contributed by atoms with Crippen LogP contribution in [-0.2, 0) is 11.2 Å². The minimum absolute atomic E-state index is 0.485. The minimum Gasteiger partial charge on any atom is -0.378 e.